The smallest absolute Gasteiger partial charge is 0.253 e. The Morgan fingerprint density at radius 3 is 2.75 bits per heavy atom. The van der Waals surface area contributed by atoms with Gasteiger partial charge in [0.2, 0.25) is 0 Å². The number of aromatic nitrogens is 1. The highest BCUT2D eigenvalue weighted by atomic mass is 35.5. The van der Waals surface area contributed by atoms with E-state index in [9.17, 15) is 4.79 Å². The molecular formula is C15H22ClN3O. The van der Waals surface area contributed by atoms with E-state index in [0.717, 1.165) is 32.2 Å². The first-order valence-corrected chi connectivity index (χ1v) is 7.70. The number of pyridine rings is 1. The molecule has 4 nitrogen and oxygen atoms in total. The van der Waals surface area contributed by atoms with E-state index in [2.05, 4.69) is 29.5 Å². The monoisotopic (exact) mass is 295 g/mol. The molecule has 5 heteroatoms. The number of amides is 1. The molecule has 1 aromatic rings. The van der Waals surface area contributed by atoms with Crippen LogP contribution in [0.5, 0.6) is 0 Å². The van der Waals surface area contributed by atoms with E-state index in [-0.39, 0.29) is 11.4 Å². The Labute approximate surface area is 125 Å². The van der Waals surface area contributed by atoms with Gasteiger partial charge < -0.3 is 10.6 Å². The minimum absolute atomic E-state index is 0.0271. The average molecular weight is 296 g/mol. The second-order valence-electron chi connectivity index (χ2n) is 5.42. The summed E-state index contributed by atoms with van der Waals surface area (Å²) in [5.41, 5.74) is 0.473. The second-order valence-corrected chi connectivity index (χ2v) is 5.82. The number of carbonyl (C=O) groups excluding carboxylic acids is 1. The predicted octanol–water partition coefficient (Wildman–Crippen LogP) is 3.62. The number of hydrogen-bond donors (Lipinski definition) is 2. The van der Waals surface area contributed by atoms with Crippen LogP contribution in [0.4, 0.5) is 5.82 Å². The van der Waals surface area contributed by atoms with Crippen LogP contribution in [0.3, 0.4) is 0 Å². The Hall–Kier alpha value is -1.29. The molecule has 2 rings (SSSR count). The first kappa shape index (κ1) is 15.1. The Morgan fingerprint density at radius 1 is 1.45 bits per heavy atom. The number of nitrogens with zero attached hydrogens (tertiary/aromatic N) is 1. The number of rotatable bonds is 6. The summed E-state index contributed by atoms with van der Waals surface area (Å²) in [5.74, 6) is 0.596. The first-order chi connectivity index (χ1) is 9.60. The van der Waals surface area contributed by atoms with E-state index in [0.29, 0.717) is 16.4 Å². The molecule has 1 amide bonds. The van der Waals surface area contributed by atoms with Crippen molar-refractivity contribution < 1.29 is 4.79 Å². The molecule has 0 bridgehead atoms. The standard InChI is InChI=1S/C15H22ClN3O/c1-3-8-17-13-9-11(12(16)10-18-13)14(20)19-15(4-2)6-5-7-15/h9-10H,3-8H2,1-2H3,(H,17,18)(H,19,20). The zero-order chi connectivity index (χ0) is 14.6. The van der Waals surface area contributed by atoms with E-state index >= 15 is 0 Å². The van der Waals surface area contributed by atoms with Gasteiger partial charge in [-0.25, -0.2) is 4.98 Å². The lowest BCUT2D eigenvalue weighted by atomic mass is 9.74. The fraction of sp³-hybridized carbons (Fsp3) is 0.600. The third-order valence-electron chi connectivity index (χ3n) is 4.02. The molecule has 0 saturated heterocycles. The van der Waals surface area contributed by atoms with Crippen molar-refractivity contribution in [2.45, 2.75) is 51.5 Å². The molecule has 1 aromatic heterocycles. The highest BCUT2D eigenvalue weighted by molar-refractivity contribution is 6.33. The molecule has 1 aliphatic carbocycles. The summed E-state index contributed by atoms with van der Waals surface area (Å²) in [7, 11) is 0. The topological polar surface area (TPSA) is 54.0 Å². The molecule has 20 heavy (non-hydrogen) atoms. The van der Waals surface area contributed by atoms with Crippen molar-refractivity contribution in [2.24, 2.45) is 0 Å². The summed E-state index contributed by atoms with van der Waals surface area (Å²) >= 11 is 6.11. The van der Waals surface area contributed by atoms with E-state index in [4.69, 9.17) is 11.6 Å². The van der Waals surface area contributed by atoms with Gasteiger partial charge in [-0.05, 0) is 38.2 Å². The zero-order valence-electron chi connectivity index (χ0n) is 12.1. The molecule has 1 fully saturated rings. The molecule has 1 saturated carbocycles. The SMILES string of the molecule is CCCNc1cc(C(=O)NC2(CC)CCC2)c(Cl)cn1. The van der Waals surface area contributed by atoms with Crippen molar-refractivity contribution in [1.29, 1.82) is 0 Å². The molecule has 1 aliphatic rings. The number of halogens is 1. The minimum atomic E-state index is -0.0986. The van der Waals surface area contributed by atoms with Gasteiger partial charge in [0.15, 0.2) is 0 Å². The maximum atomic E-state index is 12.4. The third-order valence-corrected chi connectivity index (χ3v) is 4.32. The largest absolute Gasteiger partial charge is 0.370 e. The van der Waals surface area contributed by atoms with Crippen LogP contribution in [0.15, 0.2) is 12.3 Å². The van der Waals surface area contributed by atoms with Crippen molar-refractivity contribution in [2.75, 3.05) is 11.9 Å². The van der Waals surface area contributed by atoms with Crippen LogP contribution in [0.25, 0.3) is 0 Å². The average Bonchev–Trinajstić information content (AvgIpc) is 2.41. The highest BCUT2D eigenvalue weighted by Gasteiger charge is 2.36. The molecule has 0 radical (unpaired) electrons. The van der Waals surface area contributed by atoms with Crippen LogP contribution in [-0.4, -0.2) is 23.0 Å². The van der Waals surface area contributed by atoms with Crippen LogP contribution in [0.1, 0.15) is 56.3 Å². The van der Waals surface area contributed by atoms with Crippen LogP contribution < -0.4 is 10.6 Å². The van der Waals surface area contributed by atoms with Crippen molar-refractivity contribution >= 4 is 23.3 Å². The summed E-state index contributed by atoms with van der Waals surface area (Å²) < 4.78 is 0. The van der Waals surface area contributed by atoms with Crippen LogP contribution in [-0.2, 0) is 0 Å². The lowest BCUT2D eigenvalue weighted by molar-refractivity contribution is 0.0820. The van der Waals surface area contributed by atoms with Gasteiger partial charge in [0.1, 0.15) is 5.82 Å². The Kier molecular flexibility index (Phi) is 4.86. The number of carbonyl (C=O) groups is 1. The molecular weight excluding hydrogens is 274 g/mol. The second kappa shape index (κ2) is 6.44. The molecule has 0 spiro atoms. The van der Waals surface area contributed by atoms with Crippen molar-refractivity contribution in [3.63, 3.8) is 0 Å². The first-order valence-electron chi connectivity index (χ1n) is 7.32. The quantitative estimate of drug-likeness (QED) is 0.843. The molecule has 0 aliphatic heterocycles. The molecule has 0 unspecified atom stereocenters. The lowest BCUT2D eigenvalue weighted by Gasteiger charge is -2.42. The van der Waals surface area contributed by atoms with Gasteiger partial charge >= 0.3 is 0 Å². The Bertz CT molecular complexity index is 480. The van der Waals surface area contributed by atoms with E-state index < -0.39 is 0 Å². The van der Waals surface area contributed by atoms with Gasteiger partial charge in [-0.1, -0.05) is 25.4 Å². The molecule has 0 aromatic carbocycles. The van der Waals surface area contributed by atoms with E-state index in [1.807, 2.05) is 0 Å². The highest BCUT2D eigenvalue weighted by Crippen LogP contribution is 2.35. The Morgan fingerprint density at radius 2 is 2.20 bits per heavy atom. The van der Waals surface area contributed by atoms with Crippen molar-refractivity contribution in [1.82, 2.24) is 10.3 Å². The van der Waals surface area contributed by atoms with Gasteiger partial charge in [0.25, 0.3) is 5.91 Å². The van der Waals surface area contributed by atoms with Crippen LogP contribution in [0.2, 0.25) is 5.02 Å². The van der Waals surface area contributed by atoms with E-state index in [1.54, 1.807) is 6.07 Å². The molecule has 1 heterocycles. The maximum Gasteiger partial charge on any atom is 0.253 e. The van der Waals surface area contributed by atoms with Crippen LogP contribution in [0, 0.1) is 0 Å². The maximum absolute atomic E-state index is 12.4. The summed E-state index contributed by atoms with van der Waals surface area (Å²) in [6.45, 7) is 5.02. The summed E-state index contributed by atoms with van der Waals surface area (Å²) in [6, 6.07) is 1.73. The van der Waals surface area contributed by atoms with Crippen LogP contribution >= 0.6 is 11.6 Å². The number of anilines is 1. The molecule has 2 N–H and O–H groups in total. The number of nitrogens with one attached hydrogen (secondary N) is 2. The zero-order valence-corrected chi connectivity index (χ0v) is 12.9. The van der Waals surface area contributed by atoms with Gasteiger partial charge in [-0.3, -0.25) is 4.79 Å². The van der Waals surface area contributed by atoms with Gasteiger partial charge in [0.05, 0.1) is 10.6 Å². The van der Waals surface area contributed by atoms with Crippen molar-refractivity contribution in [3.05, 3.63) is 22.8 Å². The predicted molar refractivity (Wildman–Crippen MR) is 82.4 cm³/mol. The third kappa shape index (κ3) is 3.23. The number of hydrogen-bond acceptors (Lipinski definition) is 3. The van der Waals surface area contributed by atoms with Gasteiger partial charge in [-0.2, -0.15) is 0 Å². The van der Waals surface area contributed by atoms with Gasteiger partial charge in [0, 0.05) is 18.3 Å². The van der Waals surface area contributed by atoms with E-state index in [1.165, 1.54) is 12.6 Å². The lowest BCUT2D eigenvalue weighted by Crippen LogP contribution is -2.53. The molecule has 0 atom stereocenters. The fourth-order valence-electron chi connectivity index (χ4n) is 2.44. The molecule has 110 valence electrons. The minimum Gasteiger partial charge on any atom is -0.370 e. The normalized spacial score (nSPS) is 16.4. The Balaban J connectivity index is 2.12. The summed E-state index contributed by atoms with van der Waals surface area (Å²) in [6.07, 6.45) is 6.79. The summed E-state index contributed by atoms with van der Waals surface area (Å²) in [5, 5.41) is 6.71. The fourth-order valence-corrected chi connectivity index (χ4v) is 2.63. The summed E-state index contributed by atoms with van der Waals surface area (Å²) in [4.78, 5) is 16.6. The van der Waals surface area contributed by atoms with Crippen molar-refractivity contribution in [3.8, 4) is 0 Å². The van der Waals surface area contributed by atoms with Gasteiger partial charge in [-0.15, -0.1) is 0 Å².